The highest BCUT2D eigenvalue weighted by molar-refractivity contribution is 4.89. The molecule has 0 radical (unpaired) electrons. The summed E-state index contributed by atoms with van der Waals surface area (Å²) in [5, 5.41) is 9.06. The number of hydrogen-bond donors (Lipinski definition) is 1. The van der Waals surface area contributed by atoms with Crippen molar-refractivity contribution in [3.63, 3.8) is 0 Å². The molecule has 0 aromatic rings. The van der Waals surface area contributed by atoms with Crippen molar-refractivity contribution in [2.45, 2.75) is 58.0 Å². The molecule has 1 nitrogen and oxygen atoms in total. The third-order valence-electron chi connectivity index (χ3n) is 2.81. The van der Waals surface area contributed by atoms with E-state index in [4.69, 9.17) is 5.11 Å². The standard InChI is InChI=1S/C12H22O/c1-11(13)7-5-6-10-12-8-3-2-4-9-12/h6,10-13H,2-5,7-9H2,1H3/b10-6+. The molecule has 13 heavy (non-hydrogen) atoms. The third-order valence-corrected chi connectivity index (χ3v) is 2.81. The normalized spacial score (nSPS) is 22.3. The topological polar surface area (TPSA) is 20.2 Å². The van der Waals surface area contributed by atoms with Gasteiger partial charge >= 0.3 is 0 Å². The first kappa shape index (κ1) is 10.8. The predicted molar refractivity (Wildman–Crippen MR) is 56.6 cm³/mol. The van der Waals surface area contributed by atoms with Crippen molar-refractivity contribution in [1.82, 2.24) is 0 Å². The Hall–Kier alpha value is -0.300. The molecule has 1 saturated carbocycles. The number of aliphatic hydroxyl groups is 1. The van der Waals surface area contributed by atoms with E-state index in [1.54, 1.807) is 0 Å². The van der Waals surface area contributed by atoms with Gasteiger partial charge in [-0.2, -0.15) is 0 Å². The van der Waals surface area contributed by atoms with Gasteiger partial charge in [-0.3, -0.25) is 0 Å². The zero-order valence-corrected chi connectivity index (χ0v) is 8.71. The van der Waals surface area contributed by atoms with E-state index in [1.165, 1.54) is 32.1 Å². The highest BCUT2D eigenvalue weighted by Crippen LogP contribution is 2.24. The molecule has 0 spiro atoms. The van der Waals surface area contributed by atoms with Gasteiger partial charge in [0.05, 0.1) is 6.10 Å². The Kier molecular flexibility index (Phi) is 5.14. The highest BCUT2D eigenvalue weighted by Gasteiger charge is 2.09. The molecule has 0 bridgehead atoms. The summed E-state index contributed by atoms with van der Waals surface area (Å²) in [4.78, 5) is 0. The van der Waals surface area contributed by atoms with Gasteiger partial charge in [0.15, 0.2) is 0 Å². The summed E-state index contributed by atoms with van der Waals surface area (Å²) in [6.45, 7) is 1.86. The van der Waals surface area contributed by atoms with Crippen LogP contribution in [-0.4, -0.2) is 11.2 Å². The molecule has 0 saturated heterocycles. The van der Waals surface area contributed by atoms with Crippen molar-refractivity contribution < 1.29 is 5.11 Å². The Labute approximate surface area is 81.9 Å². The Morgan fingerprint density at radius 2 is 2.00 bits per heavy atom. The van der Waals surface area contributed by atoms with Crippen LogP contribution in [0.3, 0.4) is 0 Å². The molecular formula is C12H22O. The minimum Gasteiger partial charge on any atom is -0.393 e. The average Bonchev–Trinajstić information content (AvgIpc) is 2.14. The molecule has 1 fully saturated rings. The van der Waals surface area contributed by atoms with E-state index < -0.39 is 0 Å². The van der Waals surface area contributed by atoms with E-state index >= 15 is 0 Å². The fourth-order valence-electron chi connectivity index (χ4n) is 1.95. The lowest BCUT2D eigenvalue weighted by molar-refractivity contribution is 0.186. The summed E-state index contributed by atoms with van der Waals surface area (Å²) < 4.78 is 0. The smallest absolute Gasteiger partial charge is 0.0515 e. The van der Waals surface area contributed by atoms with E-state index in [9.17, 15) is 0 Å². The van der Waals surface area contributed by atoms with Crippen LogP contribution in [0.15, 0.2) is 12.2 Å². The van der Waals surface area contributed by atoms with Crippen molar-refractivity contribution >= 4 is 0 Å². The van der Waals surface area contributed by atoms with Gasteiger partial charge in [-0.05, 0) is 38.5 Å². The molecule has 0 aromatic carbocycles. The second-order valence-electron chi connectivity index (χ2n) is 4.25. The highest BCUT2D eigenvalue weighted by atomic mass is 16.3. The van der Waals surface area contributed by atoms with Crippen LogP contribution in [0.4, 0.5) is 0 Å². The quantitative estimate of drug-likeness (QED) is 0.661. The van der Waals surface area contributed by atoms with Crippen molar-refractivity contribution in [3.05, 3.63) is 12.2 Å². The monoisotopic (exact) mass is 182 g/mol. The van der Waals surface area contributed by atoms with Crippen LogP contribution in [0, 0.1) is 5.92 Å². The van der Waals surface area contributed by atoms with Crippen LogP contribution < -0.4 is 0 Å². The predicted octanol–water partition coefficient (Wildman–Crippen LogP) is 3.28. The van der Waals surface area contributed by atoms with Gasteiger partial charge in [0, 0.05) is 0 Å². The van der Waals surface area contributed by atoms with Crippen LogP contribution in [0.5, 0.6) is 0 Å². The van der Waals surface area contributed by atoms with E-state index in [0.29, 0.717) is 0 Å². The van der Waals surface area contributed by atoms with Gasteiger partial charge in [-0.25, -0.2) is 0 Å². The Bertz CT molecular complexity index is 143. The molecule has 1 heteroatoms. The third kappa shape index (κ3) is 5.09. The number of hydrogen-bond acceptors (Lipinski definition) is 1. The van der Waals surface area contributed by atoms with Gasteiger partial charge in [-0.15, -0.1) is 0 Å². The maximum atomic E-state index is 9.06. The minimum absolute atomic E-state index is 0.143. The number of allylic oxidation sites excluding steroid dienone is 2. The largest absolute Gasteiger partial charge is 0.393 e. The molecule has 0 heterocycles. The SMILES string of the molecule is CC(O)CC/C=C/C1CCCCC1. The Morgan fingerprint density at radius 1 is 1.31 bits per heavy atom. The second kappa shape index (κ2) is 6.20. The molecule has 0 amide bonds. The molecule has 76 valence electrons. The summed E-state index contributed by atoms with van der Waals surface area (Å²) >= 11 is 0. The minimum atomic E-state index is -0.143. The van der Waals surface area contributed by atoms with E-state index in [2.05, 4.69) is 12.2 Å². The maximum absolute atomic E-state index is 9.06. The van der Waals surface area contributed by atoms with Gasteiger partial charge in [0.2, 0.25) is 0 Å². The summed E-state index contributed by atoms with van der Waals surface area (Å²) in [7, 11) is 0. The summed E-state index contributed by atoms with van der Waals surface area (Å²) in [6, 6.07) is 0. The van der Waals surface area contributed by atoms with Crippen molar-refractivity contribution in [2.24, 2.45) is 5.92 Å². The lowest BCUT2D eigenvalue weighted by Crippen LogP contribution is -2.02. The first-order valence-corrected chi connectivity index (χ1v) is 5.64. The lowest BCUT2D eigenvalue weighted by atomic mass is 9.89. The Balaban J connectivity index is 2.07. The molecule has 1 aliphatic rings. The number of aliphatic hydroxyl groups excluding tert-OH is 1. The summed E-state index contributed by atoms with van der Waals surface area (Å²) in [5.41, 5.74) is 0. The number of rotatable bonds is 4. The van der Waals surface area contributed by atoms with Crippen LogP contribution in [0.1, 0.15) is 51.9 Å². The van der Waals surface area contributed by atoms with Gasteiger partial charge in [0.25, 0.3) is 0 Å². The van der Waals surface area contributed by atoms with E-state index in [1.807, 2.05) is 6.92 Å². The van der Waals surface area contributed by atoms with E-state index in [-0.39, 0.29) is 6.10 Å². The maximum Gasteiger partial charge on any atom is 0.0515 e. The summed E-state index contributed by atoms with van der Waals surface area (Å²) in [6.07, 6.45) is 13.4. The molecule has 1 aliphatic carbocycles. The zero-order chi connectivity index (χ0) is 9.52. The molecule has 1 rings (SSSR count). The Morgan fingerprint density at radius 3 is 2.62 bits per heavy atom. The molecular weight excluding hydrogens is 160 g/mol. The molecule has 1 unspecified atom stereocenters. The lowest BCUT2D eigenvalue weighted by Gasteiger charge is -2.17. The fraction of sp³-hybridized carbons (Fsp3) is 0.833. The van der Waals surface area contributed by atoms with Gasteiger partial charge < -0.3 is 5.11 Å². The summed E-state index contributed by atoms with van der Waals surface area (Å²) in [5.74, 6) is 0.836. The molecule has 1 atom stereocenters. The van der Waals surface area contributed by atoms with Gasteiger partial charge in [0.1, 0.15) is 0 Å². The second-order valence-corrected chi connectivity index (χ2v) is 4.25. The van der Waals surface area contributed by atoms with Crippen molar-refractivity contribution in [2.75, 3.05) is 0 Å². The van der Waals surface area contributed by atoms with Crippen molar-refractivity contribution in [1.29, 1.82) is 0 Å². The van der Waals surface area contributed by atoms with Crippen LogP contribution in [0.2, 0.25) is 0 Å². The first-order valence-electron chi connectivity index (χ1n) is 5.64. The average molecular weight is 182 g/mol. The fourth-order valence-corrected chi connectivity index (χ4v) is 1.95. The van der Waals surface area contributed by atoms with Crippen LogP contribution in [0.25, 0.3) is 0 Å². The molecule has 0 aliphatic heterocycles. The zero-order valence-electron chi connectivity index (χ0n) is 8.71. The van der Waals surface area contributed by atoms with Crippen LogP contribution in [-0.2, 0) is 0 Å². The molecule has 0 aromatic heterocycles. The van der Waals surface area contributed by atoms with Crippen molar-refractivity contribution in [3.8, 4) is 0 Å². The van der Waals surface area contributed by atoms with Gasteiger partial charge in [-0.1, -0.05) is 31.4 Å². The first-order chi connectivity index (χ1) is 6.29. The van der Waals surface area contributed by atoms with E-state index in [0.717, 1.165) is 18.8 Å². The molecule has 1 N–H and O–H groups in total. The van der Waals surface area contributed by atoms with Crippen LogP contribution >= 0.6 is 0 Å².